The fourth-order valence-electron chi connectivity index (χ4n) is 1.51. The zero-order valence-corrected chi connectivity index (χ0v) is 8.31. The molecule has 1 aliphatic heterocycles. The van der Waals surface area contributed by atoms with Gasteiger partial charge in [-0.2, -0.15) is 0 Å². The lowest BCUT2D eigenvalue weighted by molar-refractivity contribution is -0.152. The molecule has 0 radical (unpaired) electrons. The molecule has 0 aromatic carbocycles. The molecule has 0 unspecified atom stereocenters. The van der Waals surface area contributed by atoms with E-state index in [1.54, 1.807) is 6.08 Å². The minimum absolute atomic E-state index is 0.0620. The molecule has 4 nitrogen and oxygen atoms in total. The first-order valence-corrected chi connectivity index (χ1v) is 4.70. The van der Waals surface area contributed by atoms with Crippen LogP contribution in [0.25, 0.3) is 0 Å². The highest BCUT2D eigenvalue weighted by Gasteiger charge is 2.30. The van der Waals surface area contributed by atoms with E-state index in [1.165, 1.54) is 7.11 Å². The van der Waals surface area contributed by atoms with Crippen molar-refractivity contribution in [1.29, 1.82) is 0 Å². The second-order valence-electron chi connectivity index (χ2n) is 3.37. The highest BCUT2D eigenvalue weighted by Crippen LogP contribution is 2.22. The van der Waals surface area contributed by atoms with Crippen molar-refractivity contribution in [3.8, 4) is 0 Å². The molecule has 0 amide bonds. The Labute approximate surface area is 83.5 Å². The Bertz CT molecular complexity index is 214. The maximum absolute atomic E-state index is 11.0. The summed E-state index contributed by atoms with van der Waals surface area (Å²) in [5, 5.41) is 9.56. The maximum atomic E-state index is 11.0. The molecule has 3 atom stereocenters. The highest BCUT2D eigenvalue weighted by atomic mass is 16.5. The van der Waals surface area contributed by atoms with Gasteiger partial charge >= 0.3 is 5.97 Å². The van der Waals surface area contributed by atoms with Crippen LogP contribution in [0, 0.1) is 0 Å². The molecule has 0 spiro atoms. The smallest absolute Gasteiger partial charge is 0.308 e. The predicted octanol–water partition coefficient (Wildman–Crippen LogP) is 0.644. The van der Waals surface area contributed by atoms with E-state index in [4.69, 9.17) is 4.74 Å². The van der Waals surface area contributed by atoms with Crippen molar-refractivity contribution in [1.82, 2.24) is 0 Å². The summed E-state index contributed by atoms with van der Waals surface area (Å²) in [6.07, 6.45) is 2.08. The Morgan fingerprint density at radius 1 is 1.71 bits per heavy atom. The van der Waals surface area contributed by atoms with Gasteiger partial charge in [-0.25, -0.2) is 0 Å². The zero-order chi connectivity index (χ0) is 10.6. The van der Waals surface area contributed by atoms with Crippen LogP contribution in [0.2, 0.25) is 0 Å². The van der Waals surface area contributed by atoms with E-state index in [1.807, 2.05) is 0 Å². The van der Waals surface area contributed by atoms with Crippen molar-refractivity contribution in [2.24, 2.45) is 0 Å². The summed E-state index contributed by atoms with van der Waals surface area (Å²) in [5.74, 6) is -0.362. The van der Waals surface area contributed by atoms with Crippen molar-refractivity contribution in [3.05, 3.63) is 12.7 Å². The molecule has 0 saturated carbocycles. The molecule has 1 rings (SSSR count). The lowest BCUT2D eigenvalue weighted by Crippen LogP contribution is -2.39. The Balaban J connectivity index is 2.47. The molecule has 0 aliphatic carbocycles. The number of rotatable bonds is 3. The number of ether oxygens (including phenoxy) is 2. The molecule has 1 aliphatic rings. The van der Waals surface area contributed by atoms with E-state index in [2.05, 4.69) is 11.3 Å². The second kappa shape index (κ2) is 5.12. The van der Waals surface area contributed by atoms with E-state index in [9.17, 15) is 9.90 Å². The third kappa shape index (κ3) is 2.82. The van der Waals surface area contributed by atoms with Crippen LogP contribution in [0.3, 0.4) is 0 Å². The number of esters is 1. The van der Waals surface area contributed by atoms with Crippen LogP contribution in [0.15, 0.2) is 12.7 Å². The monoisotopic (exact) mass is 200 g/mol. The topological polar surface area (TPSA) is 55.8 Å². The number of aliphatic hydroxyl groups is 1. The van der Waals surface area contributed by atoms with Gasteiger partial charge in [0, 0.05) is 0 Å². The number of hydrogen-bond donors (Lipinski definition) is 1. The van der Waals surface area contributed by atoms with Crippen LogP contribution in [-0.4, -0.2) is 36.5 Å². The van der Waals surface area contributed by atoms with E-state index in [0.717, 1.165) is 6.42 Å². The Morgan fingerprint density at radius 3 is 3.00 bits per heavy atom. The molecule has 14 heavy (non-hydrogen) atoms. The molecular weight excluding hydrogens is 184 g/mol. The highest BCUT2D eigenvalue weighted by molar-refractivity contribution is 5.69. The van der Waals surface area contributed by atoms with E-state index in [-0.39, 0.29) is 18.5 Å². The molecule has 0 aromatic rings. The van der Waals surface area contributed by atoms with Crippen LogP contribution in [0.5, 0.6) is 0 Å². The minimum Gasteiger partial charge on any atom is -0.469 e. The Morgan fingerprint density at radius 2 is 2.43 bits per heavy atom. The third-order valence-electron chi connectivity index (χ3n) is 2.38. The van der Waals surface area contributed by atoms with Gasteiger partial charge in [0.1, 0.15) is 0 Å². The molecule has 4 heteroatoms. The fourth-order valence-corrected chi connectivity index (χ4v) is 1.51. The van der Waals surface area contributed by atoms with Gasteiger partial charge in [-0.3, -0.25) is 4.79 Å². The molecule has 0 aromatic heterocycles. The van der Waals surface area contributed by atoms with E-state index >= 15 is 0 Å². The van der Waals surface area contributed by atoms with E-state index in [0.29, 0.717) is 6.42 Å². The number of methoxy groups -OCH3 is 1. The summed E-state index contributed by atoms with van der Waals surface area (Å²) in [6.45, 7) is 3.62. The minimum atomic E-state index is -0.578. The SMILES string of the molecule is C=C[C@H]1CC[C@H](O)[C@@H](CC(=O)OC)O1. The lowest BCUT2D eigenvalue weighted by Gasteiger charge is -2.31. The molecule has 1 N–H and O–H groups in total. The Hall–Kier alpha value is -0.870. The number of carbonyl (C=O) groups is 1. The first-order chi connectivity index (χ1) is 6.67. The van der Waals surface area contributed by atoms with Gasteiger partial charge in [0.25, 0.3) is 0 Å². The van der Waals surface area contributed by atoms with Gasteiger partial charge in [-0.15, -0.1) is 6.58 Å². The van der Waals surface area contributed by atoms with Gasteiger partial charge in [-0.05, 0) is 12.8 Å². The molecule has 80 valence electrons. The van der Waals surface area contributed by atoms with Crippen molar-refractivity contribution in [2.45, 2.75) is 37.6 Å². The van der Waals surface area contributed by atoms with Gasteiger partial charge < -0.3 is 14.6 Å². The standard InChI is InChI=1S/C10H16O4/c1-3-7-4-5-8(11)9(14-7)6-10(12)13-2/h3,7-9,11H,1,4-6H2,2H3/t7-,8-,9+/m0/s1. The molecule has 1 saturated heterocycles. The summed E-state index contributed by atoms with van der Waals surface area (Å²) < 4.78 is 9.97. The number of aliphatic hydroxyl groups excluding tert-OH is 1. The van der Waals surface area contributed by atoms with Crippen molar-refractivity contribution in [3.63, 3.8) is 0 Å². The summed E-state index contributed by atoms with van der Waals surface area (Å²) in [4.78, 5) is 11.0. The summed E-state index contributed by atoms with van der Waals surface area (Å²) >= 11 is 0. The van der Waals surface area contributed by atoms with Gasteiger partial charge in [-0.1, -0.05) is 6.08 Å². The van der Waals surface area contributed by atoms with Crippen molar-refractivity contribution >= 4 is 5.97 Å². The number of hydrogen-bond acceptors (Lipinski definition) is 4. The average molecular weight is 200 g/mol. The van der Waals surface area contributed by atoms with E-state index < -0.39 is 12.2 Å². The van der Waals surface area contributed by atoms with Crippen LogP contribution >= 0.6 is 0 Å². The quantitative estimate of drug-likeness (QED) is 0.536. The molecule has 1 heterocycles. The number of carbonyl (C=O) groups excluding carboxylic acids is 1. The average Bonchev–Trinajstić information content (AvgIpc) is 2.21. The maximum Gasteiger partial charge on any atom is 0.308 e. The second-order valence-corrected chi connectivity index (χ2v) is 3.37. The van der Waals surface area contributed by atoms with Crippen LogP contribution in [0.4, 0.5) is 0 Å². The fraction of sp³-hybridized carbons (Fsp3) is 0.700. The first kappa shape index (κ1) is 11.2. The molecule has 0 bridgehead atoms. The van der Waals surface area contributed by atoms with Gasteiger partial charge in [0.15, 0.2) is 0 Å². The zero-order valence-electron chi connectivity index (χ0n) is 8.31. The van der Waals surface area contributed by atoms with Crippen LogP contribution < -0.4 is 0 Å². The van der Waals surface area contributed by atoms with Crippen LogP contribution in [-0.2, 0) is 14.3 Å². The summed E-state index contributed by atoms with van der Waals surface area (Å²) in [7, 11) is 1.32. The van der Waals surface area contributed by atoms with Crippen molar-refractivity contribution < 1.29 is 19.4 Å². The van der Waals surface area contributed by atoms with Gasteiger partial charge in [0.2, 0.25) is 0 Å². The first-order valence-electron chi connectivity index (χ1n) is 4.70. The summed E-state index contributed by atoms with van der Waals surface area (Å²) in [5.41, 5.74) is 0. The lowest BCUT2D eigenvalue weighted by atomic mass is 9.99. The largest absolute Gasteiger partial charge is 0.469 e. The summed E-state index contributed by atoms with van der Waals surface area (Å²) in [6, 6.07) is 0. The predicted molar refractivity (Wildman–Crippen MR) is 50.7 cm³/mol. The van der Waals surface area contributed by atoms with Crippen molar-refractivity contribution in [2.75, 3.05) is 7.11 Å². The molecule has 1 fully saturated rings. The molecular formula is C10H16O4. The van der Waals surface area contributed by atoms with Crippen LogP contribution in [0.1, 0.15) is 19.3 Å². The normalized spacial score (nSPS) is 32.3. The van der Waals surface area contributed by atoms with Gasteiger partial charge in [0.05, 0.1) is 31.8 Å². The Kier molecular flexibility index (Phi) is 4.10. The third-order valence-corrected chi connectivity index (χ3v) is 2.38.